The van der Waals surface area contributed by atoms with Gasteiger partial charge >= 0.3 is 6.09 Å². The van der Waals surface area contributed by atoms with Crippen molar-refractivity contribution in [3.8, 4) is 5.75 Å². The van der Waals surface area contributed by atoms with Crippen LogP contribution in [-0.2, 0) is 30.6 Å². The lowest BCUT2D eigenvalue weighted by molar-refractivity contribution is -0.124. The summed E-state index contributed by atoms with van der Waals surface area (Å²) in [6, 6.07) is 5.65. The van der Waals surface area contributed by atoms with E-state index in [0.717, 1.165) is 30.4 Å². The second kappa shape index (κ2) is 17.8. The summed E-state index contributed by atoms with van der Waals surface area (Å²) in [5, 5.41) is 8.56. The molecule has 11 heteroatoms. The molecule has 0 bridgehead atoms. The van der Waals surface area contributed by atoms with E-state index in [2.05, 4.69) is 22.5 Å². The molecule has 9 nitrogen and oxygen atoms in total. The fraction of sp³-hybridized carbons (Fsp3) is 0.571. The van der Waals surface area contributed by atoms with Gasteiger partial charge in [-0.15, -0.1) is 0 Å². The van der Waals surface area contributed by atoms with Gasteiger partial charge in [0.05, 0.1) is 6.54 Å². The maximum absolute atomic E-state index is 12.4. The van der Waals surface area contributed by atoms with E-state index in [1.807, 2.05) is 25.1 Å². The Morgan fingerprint density at radius 2 is 1.59 bits per heavy atom. The largest absolute Gasteiger partial charge is 0.492 e. The third-order valence-corrected chi connectivity index (χ3v) is 6.94. The molecule has 1 rings (SSSR count). The van der Waals surface area contributed by atoms with E-state index in [0.29, 0.717) is 42.8 Å². The Labute approximate surface area is 241 Å². The van der Waals surface area contributed by atoms with Gasteiger partial charge in [0.15, 0.2) is 10.2 Å². The van der Waals surface area contributed by atoms with E-state index >= 15 is 0 Å². The van der Waals surface area contributed by atoms with Crippen molar-refractivity contribution in [3.05, 3.63) is 41.7 Å². The first-order valence-electron chi connectivity index (χ1n) is 13.0. The Kier molecular flexibility index (Phi) is 15.7. The molecule has 0 saturated carbocycles. The van der Waals surface area contributed by atoms with Gasteiger partial charge in [0.25, 0.3) is 0 Å². The Morgan fingerprint density at radius 3 is 2.21 bits per heavy atom. The predicted molar refractivity (Wildman–Crippen MR) is 158 cm³/mol. The number of carbonyl (C=O) groups excluding carboxylic acids is 4. The second-order valence-corrected chi connectivity index (χ2v) is 12.4. The third-order valence-electron chi connectivity index (χ3n) is 5.21. The zero-order valence-electron chi connectivity index (χ0n) is 23.9. The van der Waals surface area contributed by atoms with Crippen LogP contribution in [0.15, 0.2) is 30.6 Å². The Balaban J connectivity index is 2.33. The lowest BCUT2D eigenvalue weighted by atomic mass is 10.0. The zero-order valence-corrected chi connectivity index (χ0v) is 25.6. The molecular formula is C28H43N3O6S2. The molecule has 0 radical (unpaired) electrons. The molecule has 0 saturated heterocycles. The molecular weight excluding hydrogens is 538 g/mol. The van der Waals surface area contributed by atoms with Crippen molar-refractivity contribution in [1.82, 2.24) is 16.0 Å². The first-order chi connectivity index (χ1) is 18.3. The van der Waals surface area contributed by atoms with Gasteiger partial charge in [-0.05, 0) is 56.9 Å². The van der Waals surface area contributed by atoms with Crippen molar-refractivity contribution in [2.45, 2.75) is 77.9 Å². The molecule has 0 aliphatic heterocycles. The summed E-state index contributed by atoms with van der Waals surface area (Å²) in [6.07, 6.45) is 1.84. The highest BCUT2D eigenvalue weighted by atomic mass is 32.2. The summed E-state index contributed by atoms with van der Waals surface area (Å²) >= 11 is 2.45. The summed E-state index contributed by atoms with van der Waals surface area (Å²) in [5.41, 5.74) is 1.38. The normalized spacial score (nSPS) is 11.7. The van der Waals surface area contributed by atoms with Gasteiger partial charge < -0.3 is 20.1 Å². The molecule has 0 spiro atoms. The van der Waals surface area contributed by atoms with Crippen LogP contribution >= 0.6 is 23.5 Å². The number of carbonyl (C=O) groups is 4. The van der Waals surface area contributed by atoms with E-state index in [1.54, 1.807) is 20.8 Å². The molecule has 0 aliphatic carbocycles. The maximum Gasteiger partial charge on any atom is 0.413 e. The number of alkyl carbamates (subject to hydrolysis) is 1. The topological polar surface area (TPSA) is 123 Å². The number of benzene rings is 1. The second-order valence-electron chi connectivity index (χ2n) is 10.1. The van der Waals surface area contributed by atoms with Crippen LogP contribution in [0.3, 0.4) is 0 Å². The van der Waals surface area contributed by atoms with Gasteiger partial charge in [0.1, 0.15) is 23.8 Å². The molecule has 218 valence electrons. The van der Waals surface area contributed by atoms with Crippen molar-refractivity contribution in [2.75, 3.05) is 19.7 Å². The van der Waals surface area contributed by atoms with Crippen LogP contribution in [0.4, 0.5) is 4.79 Å². The predicted octanol–water partition coefficient (Wildman–Crippen LogP) is 5.13. The van der Waals surface area contributed by atoms with Crippen molar-refractivity contribution in [1.29, 1.82) is 0 Å². The van der Waals surface area contributed by atoms with Crippen LogP contribution < -0.4 is 20.7 Å². The van der Waals surface area contributed by atoms with Crippen molar-refractivity contribution >= 4 is 45.8 Å². The van der Waals surface area contributed by atoms with Crippen LogP contribution in [0.5, 0.6) is 5.75 Å². The van der Waals surface area contributed by atoms with E-state index in [4.69, 9.17) is 9.47 Å². The molecule has 0 aromatic heterocycles. The Morgan fingerprint density at radius 1 is 0.949 bits per heavy atom. The zero-order chi connectivity index (χ0) is 29.4. The standard InChI is InChI=1S/C28H43N3O6S2/c1-19(10-8-9-13-29-20(2)31-27(35)37-28(5,6)7)26(34)30-14-15-36-25-12-11-23(17-38-21(3)32)24(16-25)18-39-22(4)33/h11-12,16,19,29H,2,8-10,13-15,17-18H2,1,3-7H3,(H,30,34)(H,31,35)/t19-/m1/s1. The van der Waals surface area contributed by atoms with E-state index in [1.165, 1.54) is 37.4 Å². The van der Waals surface area contributed by atoms with Crippen LogP contribution in [0.25, 0.3) is 0 Å². The highest BCUT2D eigenvalue weighted by Gasteiger charge is 2.16. The molecule has 0 heterocycles. The quantitative estimate of drug-likeness (QED) is 0.228. The molecule has 1 atom stereocenters. The number of amides is 2. The van der Waals surface area contributed by atoms with Gasteiger partial charge in [-0.3, -0.25) is 19.7 Å². The molecule has 3 N–H and O–H groups in total. The average Bonchev–Trinajstić information content (AvgIpc) is 2.82. The maximum atomic E-state index is 12.4. The number of unbranched alkanes of at least 4 members (excludes halogenated alkanes) is 1. The number of thioether (sulfide) groups is 2. The van der Waals surface area contributed by atoms with Gasteiger partial charge in [-0.2, -0.15) is 0 Å². The Hall–Kier alpha value is -2.66. The number of hydrogen-bond donors (Lipinski definition) is 3. The highest BCUT2D eigenvalue weighted by molar-refractivity contribution is 8.13. The summed E-state index contributed by atoms with van der Waals surface area (Å²) in [5.74, 6) is 1.93. The fourth-order valence-corrected chi connectivity index (χ4v) is 4.53. The molecule has 0 fully saturated rings. The monoisotopic (exact) mass is 581 g/mol. The molecule has 2 amide bonds. The summed E-state index contributed by atoms with van der Waals surface area (Å²) in [6.45, 7) is 15.4. The minimum Gasteiger partial charge on any atom is -0.492 e. The van der Waals surface area contributed by atoms with Crippen molar-refractivity contribution < 1.29 is 28.7 Å². The molecule has 0 unspecified atom stereocenters. The lowest BCUT2D eigenvalue weighted by Gasteiger charge is -2.20. The SMILES string of the molecule is C=C(NCCCC[C@@H](C)C(=O)NCCOc1ccc(CSC(C)=O)c(CSC(C)=O)c1)NC(=O)OC(C)(C)C. The van der Waals surface area contributed by atoms with Crippen LogP contribution in [0.1, 0.15) is 71.9 Å². The lowest BCUT2D eigenvalue weighted by Crippen LogP contribution is -2.36. The van der Waals surface area contributed by atoms with E-state index in [-0.39, 0.29) is 22.1 Å². The third kappa shape index (κ3) is 16.8. The van der Waals surface area contributed by atoms with Gasteiger partial charge in [0.2, 0.25) is 5.91 Å². The van der Waals surface area contributed by atoms with Crippen molar-refractivity contribution in [2.24, 2.45) is 5.92 Å². The minimum absolute atomic E-state index is 0.0280. The summed E-state index contributed by atoms with van der Waals surface area (Å²) in [7, 11) is 0. The first-order valence-corrected chi connectivity index (χ1v) is 15.0. The molecule has 1 aromatic rings. The minimum atomic E-state index is -0.574. The van der Waals surface area contributed by atoms with Crippen LogP contribution in [0, 0.1) is 5.92 Å². The van der Waals surface area contributed by atoms with E-state index < -0.39 is 11.7 Å². The van der Waals surface area contributed by atoms with Gasteiger partial charge in [0, 0.05) is 37.8 Å². The summed E-state index contributed by atoms with van der Waals surface area (Å²) in [4.78, 5) is 46.9. The number of ether oxygens (including phenoxy) is 2. The number of hydrogen-bond acceptors (Lipinski definition) is 9. The average molecular weight is 582 g/mol. The van der Waals surface area contributed by atoms with Crippen LogP contribution in [0.2, 0.25) is 0 Å². The van der Waals surface area contributed by atoms with Gasteiger partial charge in [-0.1, -0.05) is 49.5 Å². The Bertz CT molecular complexity index is 994. The van der Waals surface area contributed by atoms with E-state index in [9.17, 15) is 19.2 Å². The molecule has 1 aromatic carbocycles. The fourth-order valence-electron chi connectivity index (χ4n) is 3.26. The van der Waals surface area contributed by atoms with Crippen LogP contribution in [-0.4, -0.2) is 47.5 Å². The molecule has 0 aliphatic rings. The van der Waals surface area contributed by atoms with Gasteiger partial charge in [-0.25, -0.2) is 4.79 Å². The smallest absolute Gasteiger partial charge is 0.413 e. The summed E-state index contributed by atoms with van der Waals surface area (Å²) < 4.78 is 11.0. The molecule has 39 heavy (non-hydrogen) atoms. The number of nitrogens with one attached hydrogen (secondary N) is 3. The number of rotatable bonds is 16. The first kappa shape index (κ1) is 34.4. The van der Waals surface area contributed by atoms with Crippen molar-refractivity contribution in [3.63, 3.8) is 0 Å². The highest BCUT2D eigenvalue weighted by Crippen LogP contribution is 2.26.